The summed E-state index contributed by atoms with van der Waals surface area (Å²) in [7, 11) is 1.71. The summed E-state index contributed by atoms with van der Waals surface area (Å²) in [4.78, 5) is 0. The van der Waals surface area contributed by atoms with Gasteiger partial charge < -0.3 is 15.7 Å². The SMILES string of the molecule is Cc1nn(C)c(Oc2cccc(Cl)c2)c1C(N)=NO. The van der Waals surface area contributed by atoms with E-state index in [0.717, 1.165) is 0 Å². The number of aryl methyl sites for hydroxylation is 2. The van der Waals surface area contributed by atoms with E-state index in [1.165, 1.54) is 4.68 Å². The molecule has 2 aromatic rings. The molecule has 0 aliphatic carbocycles. The number of nitrogens with zero attached hydrogens (tertiary/aromatic N) is 3. The van der Waals surface area contributed by atoms with Crippen molar-refractivity contribution in [1.29, 1.82) is 0 Å². The quantitative estimate of drug-likeness (QED) is 0.391. The van der Waals surface area contributed by atoms with E-state index < -0.39 is 0 Å². The highest BCUT2D eigenvalue weighted by molar-refractivity contribution is 6.30. The third kappa shape index (κ3) is 2.63. The molecule has 0 saturated heterocycles. The van der Waals surface area contributed by atoms with E-state index in [1.807, 2.05) is 0 Å². The Hall–Kier alpha value is -2.21. The van der Waals surface area contributed by atoms with E-state index in [2.05, 4.69) is 10.3 Å². The minimum absolute atomic E-state index is 0.0531. The van der Waals surface area contributed by atoms with Crippen LogP contribution < -0.4 is 10.5 Å². The smallest absolute Gasteiger partial charge is 0.229 e. The van der Waals surface area contributed by atoms with Gasteiger partial charge in [0, 0.05) is 12.1 Å². The molecule has 0 spiro atoms. The molecule has 2 rings (SSSR count). The normalized spacial score (nSPS) is 11.6. The number of hydrogen-bond donors (Lipinski definition) is 2. The molecular formula is C12H13ClN4O2. The average Bonchev–Trinajstić information content (AvgIpc) is 2.63. The van der Waals surface area contributed by atoms with Crippen LogP contribution in [0.1, 0.15) is 11.3 Å². The molecule has 0 radical (unpaired) electrons. The molecule has 7 heteroatoms. The highest BCUT2D eigenvalue weighted by Crippen LogP contribution is 2.28. The van der Waals surface area contributed by atoms with Crippen molar-refractivity contribution in [2.45, 2.75) is 6.92 Å². The Kier molecular flexibility index (Phi) is 3.62. The second-order valence-electron chi connectivity index (χ2n) is 3.93. The molecule has 0 fully saturated rings. The maximum absolute atomic E-state index is 8.81. The second-order valence-corrected chi connectivity index (χ2v) is 4.37. The average molecular weight is 281 g/mol. The second kappa shape index (κ2) is 5.19. The van der Waals surface area contributed by atoms with Crippen LogP contribution in [-0.4, -0.2) is 20.8 Å². The van der Waals surface area contributed by atoms with Gasteiger partial charge in [-0.3, -0.25) is 0 Å². The topological polar surface area (TPSA) is 85.7 Å². The predicted octanol–water partition coefficient (Wildman–Crippen LogP) is 2.27. The Morgan fingerprint density at radius 2 is 2.26 bits per heavy atom. The molecule has 6 nitrogen and oxygen atoms in total. The lowest BCUT2D eigenvalue weighted by atomic mass is 10.2. The highest BCUT2D eigenvalue weighted by Gasteiger charge is 2.19. The number of benzene rings is 1. The van der Waals surface area contributed by atoms with Crippen molar-refractivity contribution in [1.82, 2.24) is 9.78 Å². The lowest BCUT2D eigenvalue weighted by Crippen LogP contribution is -2.14. The van der Waals surface area contributed by atoms with Crippen LogP contribution in [0.25, 0.3) is 0 Å². The molecule has 0 aliphatic heterocycles. The number of nitrogens with two attached hydrogens (primary N) is 1. The number of halogens is 1. The number of aromatic nitrogens is 2. The summed E-state index contributed by atoms with van der Waals surface area (Å²) in [5.74, 6) is 0.875. The van der Waals surface area contributed by atoms with E-state index in [0.29, 0.717) is 27.9 Å². The first-order valence-corrected chi connectivity index (χ1v) is 5.85. The third-order valence-corrected chi connectivity index (χ3v) is 2.78. The number of amidine groups is 1. The Morgan fingerprint density at radius 1 is 1.53 bits per heavy atom. The fourth-order valence-electron chi connectivity index (χ4n) is 1.74. The fraction of sp³-hybridized carbons (Fsp3) is 0.167. The van der Waals surface area contributed by atoms with Gasteiger partial charge in [0.05, 0.1) is 5.69 Å². The summed E-state index contributed by atoms with van der Waals surface area (Å²) >= 11 is 5.89. The number of oxime groups is 1. The van der Waals surface area contributed by atoms with Crippen LogP contribution in [0.4, 0.5) is 0 Å². The van der Waals surface area contributed by atoms with Crippen molar-refractivity contribution < 1.29 is 9.94 Å². The molecule has 1 heterocycles. The van der Waals surface area contributed by atoms with Crippen LogP contribution in [0.15, 0.2) is 29.4 Å². The van der Waals surface area contributed by atoms with Gasteiger partial charge in [-0.25, -0.2) is 4.68 Å². The van der Waals surface area contributed by atoms with Crippen LogP contribution >= 0.6 is 11.6 Å². The van der Waals surface area contributed by atoms with Gasteiger partial charge in [-0.1, -0.05) is 22.8 Å². The zero-order valence-corrected chi connectivity index (χ0v) is 11.2. The van der Waals surface area contributed by atoms with Gasteiger partial charge in [0.15, 0.2) is 5.84 Å². The van der Waals surface area contributed by atoms with Crippen LogP contribution in [0.2, 0.25) is 5.02 Å². The van der Waals surface area contributed by atoms with Crippen molar-refractivity contribution in [2.24, 2.45) is 17.9 Å². The molecule has 0 bridgehead atoms. The molecule has 0 amide bonds. The molecule has 0 aliphatic rings. The van der Waals surface area contributed by atoms with Crippen LogP contribution in [-0.2, 0) is 7.05 Å². The molecule has 19 heavy (non-hydrogen) atoms. The van der Waals surface area contributed by atoms with Crippen LogP contribution in [0, 0.1) is 6.92 Å². The number of rotatable bonds is 3. The van der Waals surface area contributed by atoms with Gasteiger partial charge in [-0.2, -0.15) is 5.10 Å². The summed E-state index contributed by atoms with van der Waals surface area (Å²) in [6, 6.07) is 6.93. The first-order chi connectivity index (χ1) is 9.02. The maximum Gasteiger partial charge on any atom is 0.229 e. The van der Waals surface area contributed by atoms with Gasteiger partial charge in [0.1, 0.15) is 11.3 Å². The third-order valence-electron chi connectivity index (χ3n) is 2.54. The van der Waals surface area contributed by atoms with Crippen molar-refractivity contribution in [2.75, 3.05) is 0 Å². The standard InChI is InChI=1S/C12H13ClN4O2/c1-7-10(11(14)16-18)12(17(2)15-7)19-9-5-3-4-8(13)6-9/h3-6,18H,1-2H3,(H2,14,16). The Bertz CT molecular complexity index is 637. The molecule has 1 aromatic heterocycles. The van der Waals surface area contributed by atoms with E-state index >= 15 is 0 Å². The summed E-state index contributed by atoms with van der Waals surface area (Å²) < 4.78 is 7.23. The van der Waals surface area contributed by atoms with E-state index in [-0.39, 0.29) is 5.84 Å². The zero-order valence-electron chi connectivity index (χ0n) is 10.5. The Balaban J connectivity index is 2.45. The van der Waals surface area contributed by atoms with Gasteiger partial charge in [0.2, 0.25) is 5.88 Å². The summed E-state index contributed by atoms with van der Waals surface area (Å²) in [5, 5.41) is 16.5. The number of ether oxygens (including phenoxy) is 1. The van der Waals surface area contributed by atoms with Gasteiger partial charge >= 0.3 is 0 Å². The molecular weight excluding hydrogens is 268 g/mol. The zero-order chi connectivity index (χ0) is 14.0. The van der Waals surface area contributed by atoms with Crippen molar-refractivity contribution >= 4 is 17.4 Å². The van der Waals surface area contributed by atoms with E-state index in [1.54, 1.807) is 38.2 Å². The fourth-order valence-corrected chi connectivity index (χ4v) is 1.92. The van der Waals surface area contributed by atoms with Gasteiger partial charge in [0.25, 0.3) is 0 Å². The molecule has 1 aromatic carbocycles. The lowest BCUT2D eigenvalue weighted by molar-refractivity contribution is 0.318. The minimum Gasteiger partial charge on any atom is -0.438 e. The van der Waals surface area contributed by atoms with Crippen LogP contribution in [0.5, 0.6) is 11.6 Å². The van der Waals surface area contributed by atoms with Crippen molar-refractivity contribution in [3.8, 4) is 11.6 Å². The molecule has 100 valence electrons. The minimum atomic E-state index is -0.0531. The van der Waals surface area contributed by atoms with Crippen molar-refractivity contribution in [3.63, 3.8) is 0 Å². The molecule has 0 saturated carbocycles. The van der Waals surface area contributed by atoms with Gasteiger partial charge in [-0.15, -0.1) is 0 Å². The van der Waals surface area contributed by atoms with E-state index in [9.17, 15) is 0 Å². The lowest BCUT2D eigenvalue weighted by Gasteiger charge is -2.08. The molecule has 0 unspecified atom stereocenters. The Morgan fingerprint density at radius 3 is 2.89 bits per heavy atom. The number of hydrogen-bond acceptors (Lipinski definition) is 4. The first kappa shape index (κ1) is 13.2. The Labute approximate surface area is 115 Å². The summed E-state index contributed by atoms with van der Waals surface area (Å²) in [6.45, 7) is 1.75. The maximum atomic E-state index is 8.81. The highest BCUT2D eigenvalue weighted by atomic mass is 35.5. The van der Waals surface area contributed by atoms with E-state index in [4.69, 9.17) is 27.3 Å². The summed E-state index contributed by atoms with van der Waals surface area (Å²) in [5.41, 5.74) is 6.69. The van der Waals surface area contributed by atoms with Gasteiger partial charge in [-0.05, 0) is 25.1 Å². The monoisotopic (exact) mass is 280 g/mol. The summed E-state index contributed by atoms with van der Waals surface area (Å²) in [6.07, 6.45) is 0. The molecule has 3 N–H and O–H groups in total. The first-order valence-electron chi connectivity index (χ1n) is 5.48. The largest absolute Gasteiger partial charge is 0.438 e. The van der Waals surface area contributed by atoms with Crippen LogP contribution in [0.3, 0.4) is 0 Å². The predicted molar refractivity (Wildman–Crippen MR) is 72.0 cm³/mol. The molecule has 0 atom stereocenters. The van der Waals surface area contributed by atoms with Crippen molar-refractivity contribution in [3.05, 3.63) is 40.5 Å².